The number of unbranched alkanes of at least 4 members (excludes halogenated alkanes) is 3. The minimum Gasteiger partial charge on any atom is -0.356 e. The van der Waals surface area contributed by atoms with E-state index in [4.69, 9.17) is 0 Å². The summed E-state index contributed by atoms with van der Waals surface area (Å²) >= 11 is 0. The molecule has 172 valence electrons. The molecule has 0 aliphatic carbocycles. The van der Waals surface area contributed by atoms with Crippen molar-refractivity contribution in [3.8, 4) is 0 Å². The number of carbonyl (C=O) groups excluding carboxylic acids is 2. The first kappa shape index (κ1) is 23.7. The maximum Gasteiger partial charge on any atom is 0.243 e. The number of carbonyl (C=O) groups is 2. The minimum absolute atomic E-state index is 0.00850. The van der Waals surface area contributed by atoms with Crippen molar-refractivity contribution < 1.29 is 18.0 Å². The van der Waals surface area contributed by atoms with Crippen molar-refractivity contribution in [1.82, 2.24) is 14.5 Å². The molecule has 0 saturated carbocycles. The maximum absolute atomic E-state index is 13.3. The lowest BCUT2D eigenvalue weighted by Crippen LogP contribution is -2.52. The molecule has 2 amide bonds. The number of sulfonamides is 1. The van der Waals surface area contributed by atoms with E-state index in [0.717, 1.165) is 32.1 Å². The SMILES string of the molecule is CCCCCCNC(=O)C1CCCN(C(=O)C2CCCN2S(=O)(=O)c2ccccc2)C1. The van der Waals surface area contributed by atoms with Gasteiger partial charge >= 0.3 is 0 Å². The average Bonchev–Trinajstić information content (AvgIpc) is 3.30. The summed E-state index contributed by atoms with van der Waals surface area (Å²) in [6.45, 7) is 4.13. The van der Waals surface area contributed by atoms with E-state index < -0.39 is 16.1 Å². The molecule has 2 fully saturated rings. The molecular weight excluding hydrogens is 414 g/mol. The predicted molar refractivity (Wildman–Crippen MR) is 120 cm³/mol. The van der Waals surface area contributed by atoms with E-state index in [0.29, 0.717) is 39.0 Å². The van der Waals surface area contributed by atoms with Crippen molar-refractivity contribution in [2.75, 3.05) is 26.2 Å². The molecule has 0 bridgehead atoms. The Bertz CT molecular complexity index is 844. The quantitative estimate of drug-likeness (QED) is 0.588. The third-order valence-corrected chi connectivity index (χ3v) is 8.19. The van der Waals surface area contributed by atoms with Gasteiger partial charge in [-0.05, 0) is 44.2 Å². The van der Waals surface area contributed by atoms with Gasteiger partial charge in [-0.2, -0.15) is 4.31 Å². The Hall–Kier alpha value is -1.93. The number of amides is 2. The summed E-state index contributed by atoms with van der Waals surface area (Å²) in [7, 11) is -3.71. The first-order valence-corrected chi connectivity index (χ1v) is 13.0. The van der Waals surface area contributed by atoms with Crippen LogP contribution in [-0.4, -0.2) is 61.7 Å². The van der Waals surface area contributed by atoms with E-state index in [1.54, 1.807) is 35.2 Å². The Morgan fingerprint density at radius 1 is 1.03 bits per heavy atom. The fourth-order valence-corrected chi connectivity index (χ4v) is 6.18. The van der Waals surface area contributed by atoms with E-state index in [1.165, 1.54) is 10.7 Å². The minimum atomic E-state index is -3.71. The van der Waals surface area contributed by atoms with Crippen LogP contribution in [0.15, 0.2) is 35.2 Å². The number of rotatable bonds is 9. The lowest BCUT2D eigenvalue weighted by molar-refractivity contribution is -0.138. The van der Waals surface area contributed by atoms with Crippen LogP contribution in [0, 0.1) is 5.92 Å². The zero-order valence-corrected chi connectivity index (χ0v) is 19.3. The molecule has 0 aromatic heterocycles. The van der Waals surface area contributed by atoms with Crippen LogP contribution in [0.25, 0.3) is 0 Å². The van der Waals surface area contributed by atoms with E-state index in [-0.39, 0.29) is 22.6 Å². The van der Waals surface area contributed by atoms with Crippen LogP contribution in [-0.2, 0) is 19.6 Å². The maximum atomic E-state index is 13.3. The standard InChI is InChI=1S/C23H35N3O4S/c1-2-3-4-8-15-24-22(27)19-11-9-16-25(18-19)23(28)21-14-10-17-26(21)31(29,30)20-12-6-5-7-13-20/h5-7,12-13,19,21H,2-4,8-11,14-18H2,1H3,(H,24,27). The summed E-state index contributed by atoms with van der Waals surface area (Å²) in [5.41, 5.74) is 0. The Morgan fingerprint density at radius 3 is 2.52 bits per heavy atom. The first-order valence-electron chi connectivity index (χ1n) is 11.6. The van der Waals surface area contributed by atoms with Crippen molar-refractivity contribution in [3.05, 3.63) is 30.3 Å². The Labute approximate surface area is 186 Å². The molecule has 8 heteroatoms. The summed E-state index contributed by atoms with van der Waals surface area (Å²) < 4.78 is 27.5. The Morgan fingerprint density at radius 2 is 1.77 bits per heavy atom. The number of hydrogen-bond donors (Lipinski definition) is 1. The molecule has 2 aliphatic rings. The normalized spacial score (nSPS) is 22.4. The van der Waals surface area contributed by atoms with Crippen LogP contribution >= 0.6 is 0 Å². The highest BCUT2D eigenvalue weighted by atomic mass is 32.2. The van der Waals surface area contributed by atoms with Crippen LogP contribution in [0.1, 0.15) is 58.3 Å². The van der Waals surface area contributed by atoms with Crippen molar-refractivity contribution in [3.63, 3.8) is 0 Å². The number of hydrogen-bond acceptors (Lipinski definition) is 4. The fourth-order valence-electron chi connectivity index (χ4n) is 4.51. The second-order valence-electron chi connectivity index (χ2n) is 8.56. The third kappa shape index (κ3) is 5.86. The van der Waals surface area contributed by atoms with Gasteiger partial charge in [0.25, 0.3) is 0 Å². The molecule has 2 saturated heterocycles. The van der Waals surface area contributed by atoms with Crippen LogP contribution in [0.4, 0.5) is 0 Å². The molecular formula is C23H35N3O4S. The highest BCUT2D eigenvalue weighted by molar-refractivity contribution is 7.89. The molecule has 3 rings (SSSR count). The van der Waals surface area contributed by atoms with Crippen molar-refractivity contribution in [1.29, 1.82) is 0 Å². The van der Waals surface area contributed by atoms with Crippen LogP contribution in [0.2, 0.25) is 0 Å². The molecule has 7 nitrogen and oxygen atoms in total. The zero-order chi connectivity index (χ0) is 22.3. The van der Waals surface area contributed by atoms with Gasteiger partial charge in [-0.15, -0.1) is 0 Å². The van der Waals surface area contributed by atoms with Gasteiger partial charge in [-0.3, -0.25) is 9.59 Å². The molecule has 1 aromatic carbocycles. The van der Waals surface area contributed by atoms with Gasteiger partial charge in [0.15, 0.2) is 0 Å². The summed E-state index contributed by atoms with van der Waals surface area (Å²) in [5, 5.41) is 3.01. The fraction of sp³-hybridized carbons (Fsp3) is 0.652. The number of piperidine rings is 1. The first-order chi connectivity index (χ1) is 14.9. The lowest BCUT2D eigenvalue weighted by Gasteiger charge is -2.35. The number of nitrogens with one attached hydrogen (secondary N) is 1. The Kier molecular flexibility index (Phi) is 8.49. The van der Waals surface area contributed by atoms with E-state index in [2.05, 4.69) is 12.2 Å². The molecule has 0 radical (unpaired) electrons. The van der Waals surface area contributed by atoms with Gasteiger partial charge in [-0.25, -0.2) is 8.42 Å². The largest absolute Gasteiger partial charge is 0.356 e. The number of likely N-dealkylation sites (tertiary alicyclic amines) is 1. The topological polar surface area (TPSA) is 86.8 Å². The summed E-state index contributed by atoms with van der Waals surface area (Å²) in [6, 6.07) is 7.61. The van der Waals surface area contributed by atoms with E-state index in [9.17, 15) is 18.0 Å². The van der Waals surface area contributed by atoms with Gasteiger partial charge in [0.2, 0.25) is 21.8 Å². The third-order valence-electron chi connectivity index (χ3n) is 6.27. The van der Waals surface area contributed by atoms with Crippen molar-refractivity contribution >= 4 is 21.8 Å². The van der Waals surface area contributed by atoms with Gasteiger partial charge in [-0.1, -0.05) is 44.4 Å². The number of benzene rings is 1. The van der Waals surface area contributed by atoms with Crippen LogP contribution in [0.5, 0.6) is 0 Å². The molecule has 1 aromatic rings. The van der Waals surface area contributed by atoms with Crippen LogP contribution < -0.4 is 5.32 Å². The lowest BCUT2D eigenvalue weighted by atomic mass is 9.96. The molecule has 2 unspecified atom stereocenters. The average molecular weight is 450 g/mol. The van der Waals surface area contributed by atoms with Crippen LogP contribution in [0.3, 0.4) is 0 Å². The van der Waals surface area contributed by atoms with E-state index in [1.807, 2.05) is 0 Å². The second kappa shape index (κ2) is 11.1. The second-order valence-corrected chi connectivity index (χ2v) is 10.5. The zero-order valence-electron chi connectivity index (χ0n) is 18.5. The highest BCUT2D eigenvalue weighted by Gasteiger charge is 2.42. The summed E-state index contributed by atoms with van der Waals surface area (Å²) in [4.78, 5) is 27.8. The molecule has 1 N–H and O–H groups in total. The highest BCUT2D eigenvalue weighted by Crippen LogP contribution is 2.28. The van der Waals surface area contributed by atoms with E-state index >= 15 is 0 Å². The Balaban J connectivity index is 1.60. The molecule has 31 heavy (non-hydrogen) atoms. The predicted octanol–water partition coefficient (Wildman–Crippen LogP) is 2.77. The molecule has 2 heterocycles. The molecule has 0 spiro atoms. The number of nitrogens with zero attached hydrogens (tertiary/aromatic N) is 2. The van der Waals surface area contributed by atoms with Crippen molar-refractivity contribution in [2.24, 2.45) is 5.92 Å². The van der Waals surface area contributed by atoms with Gasteiger partial charge in [0.1, 0.15) is 6.04 Å². The molecule has 2 atom stereocenters. The van der Waals surface area contributed by atoms with Gasteiger partial charge < -0.3 is 10.2 Å². The summed E-state index contributed by atoms with van der Waals surface area (Å²) in [5.74, 6) is -0.379. The van der Waals surface area contributed by atoms with Crippen molar-refractivity contribution in [2.45, 2.75) is 69.2 Å². The smallest absolute Gasteiger partial charge is 0.243 e. The van der Waals surface area contributed by atoms with Gasteiger partial charge in [0.05, 0.1) is 10.8 Å². The monoisotopic (exact) mass is 449 g/mol. The molecule has 2 aliphatic heterocycles. The van der Waals surface area contributed by atoms with Gasteiger partial charge in [0, 0.05) is 26.2 Å². The summed E-state index contributed by atoms with van der Waals surface area (Å²) in [6.07, 6.45) is 7.13.